The van der Waals surface area contributed by atoms with E-state index in [0.717, 1.165) is 25.8 Å². The standard InChI is InChI=1S/C11H21NO2/c1-8(2)6-7-12-10(9-4-5-9)11(13)14-3/h8-10,12H,4-7H2,1-3H3. The van der Waals surface area contributed by atoms with Crippen molar-refractivity contribution in [2.24, 2.45) is 11.8 Å². The first kappa shape index (κ1) is 11.5. The third-order valence-corrected chi connectivity index (χ3v) is 2.63. The Morgan fingerprint density at radius 3 is 2.57 bits per heavy atom. The number of ether oxygens (including phenoxy) is 1. The summed E-state index contributed by atoms with van der Waals surface area (Å²) in [4.78, 5) is 11.4. The summed E-state index contributed by atoms with van der Waals surface area (Å²) in [6.07, 6.45) is 3.43. The minimum Gasteiger partial charge on any atom is -0.468 e. The summed E-state index contributed by atoms with van der Waals surface area (Å²) < 4.78 is 4.77. The van der Waals surface area contributed by atoms with E-state index in [0.29, 0.717) is 11.8 Å². The Morgan fingerprint density at radius 1 is 1.50 bits per heavy atom. The molecule has 1 unspecified atom stereocenters. The Hall–Kier alpha value is -0.570. The van der Waals surface area contributed by atoms with Crippen LogP contribution in [-0.4, -0.2) is 25.7 Å². The van der Waals surface area contributed by atoms with Crippen molar-refractivity contribution in [3.8, 4) is 0 Å². The molecule has 0 heterocycles. The maximum absolute atomic E-state index is 11.4. The van der Waals surface area contributed by atoms with Crippen molar-refractivity contribution in [1.29, 1.82) is 0 Å². The van der Waals surface area contributed by atoms with Crippen molar-refractivity contribution in [3.63, 3.8) is 0 Å². The SMILES string of the molecule is COC(=O)C(NCCC(C)C)C1CC1. The van der Waals surface area contributed by atoms with Crippen LogP contribution in [0.25, 0.3) is 0 Å². The number of rotatable bonds is 6. The molecule has 1 aliphatic carbocycles. The molecule has 0 aliphatic heterocycles. The van der Waals surface area contributed by atoms with Crippen LogP contribution < -0.4 is 5.32 Å². The van der Waals surface area contributed by atoms with Gasteiger partial charge in [-0.1, -0.05) is 13.8 Å². The maximum atomic E-state index is 11.4. The second-order valence-corrected chi connectivity index (χ2v) is 4.47. The monoisotopic (exact) mass is 199 g/mol. The van der Waals surface area contributed by atoms with Crippen LogP contribution in [0, 0.1) is 11.8 Å². The van der Waals surface area contributed by atoms with Crippen LogP contribution in [0.2, 0.25) is 0 Å². The second-order valence-electron chi connectivity index (χ2n) is 4.47. The number of hydrogen-bond acceptors (Lipinski definition) is 3. The summed E-state index contributed by atoms with van der Waals surface area (Å²) in [5.74, 6) is 1.10. The highest BCUT2D eigenvalue weighted by Gasteiger charge is 2.36. The molecule has 0 bridgehead atoms. The molecule has 0 amide bonds. The van der Waals surface area contributed by atoms with E-state index in [4.69, 9.17) is 4.74 Å². The van der Waals surface area contributed by atoms with Crippen molar-refractivity contribution >= 4 is 5.97 Å². The molecule has 0 aromatic rings. The largest absolute Gasteiger partial charge is 0.468 e. The van der Waals surface area contributed by atoms with Gasteiger partial charge in [-0.15, -0.1) is 0 Å². The number of carbonyl (C=O) groups is 1. The first-order valence-electron chi connectivity index (χ1n) is 5.46. The lowest BCUT2D eigenvalue weighted by atomic mass is 10.1. The molecule has 0 aromatic carbocycles. The van der Waals surface area contributed by atoms with Crippen molar-refractivity contribution < 1.29 is 9.53 Å². The van der Waals surface area contributed by atoms with E-state index in [9.17, 15) is 4.79 Å². The van der Waals surface area contributed by atoms with Crippen LogP contribution in [0.1, 0.15) is 33.1 Å². The van der Waals surface area contributed by atoms with Crippen molar-refractivity contribution in [1.82, 2.24) is 5.32 Å². The van der Waals surface area contributed by atoms with Gasteiger partial charge >= 0.3 is 5.97 Å². The summed E-state index contributed by atoms with van der Waals surface area (Å²) in [5, 5.41) is 3.29. The van der Waals surface area contributed by atoms with E-state index in [-0.39, 0.29) is 12.0 Å². The molecular formula is C11H21NO2. The molecule has 0 aromatic heterocycles. The van der Waals surface area contributed by atoms with Crippen LogP contribution in [0.4, 0.5) is 0 Å². The first-order chi connectivity index (χ1) is 6.65. The Kier molecular flexibility index (Phi) is 4.39. The van der Waals surface area contributed by atoms with Gasteiger partial charge in [0.2, 0.25) is 0 Å². The summed E-state index contributed by atoms with van der Waals surface area (Å²) >= 11 is 0. The van der Waals surface area contributed by atoms with Crippen LogP contribution in [0.15, 0.2) is 0 Å². The zero-order valence-corrected chi connectivity index (χ0v) is 9.38. The Labute approximate surface area is 86.2 Å². The molecule has 1 saturated carbocycles. The number of carbonyl (C=O) groups excluding carboxylic acids is 1. The molecule has 1 N–H and O–H groups in total. The summed E-state index contributed by atoms with van der Waals surface area (Å²) in [6.45, 7) is 5.28. The van der Waals surface area contributed by atoms with Crippen LogP contribution in [0.3, 0.4) is 0 Å². The van der Waals surface area contributed by atoms with Gasteiger partial charge in [0.1, 0.15) is 6.04 Å². The van der Waals surface area contributed by atoms with Gasteiger partial charge in [0.25, 0.3) is 0 Å². The Balaban J connectivity index is 2.25. The topological polar surface area (TPSA) is 38.3 Å². The van der Waals surface area contributed by atoms with E-state index in [1.165, 1.54) is 7.11 Å². The molecule has 14 heavy (non-hydrogen) atoms. The Morgan fingerprint density at radius 2 is 2.14 bits per heavy atom. The number of methoxy groups -OCH3 is 1. The van der Waals surface area contributed by atoms with Gasteiger partial charge in [-0.05, 0) is 37.6 Å². The molecule has 3 heteroatoms. The maximum Gasteiger partial charge on any atom is 0.323 e. The Bertz CT molecular complexity index is 188. The quantitative estimate of drug-likeness (QED) is 0.660. The molecule has 3 nitrogen and oxygen atoms in total. The fraction of sp³-hybridized carbons (Fsp3) is 0.909. The smallest absolute Gasteiger partial charge is 0.323 e. The first-order valence-corrected chi connectivity index (χ1v) is 5.46. The van der Waals surface area contributed by atoms with E-state index >= 15 is 0 Å². The number of hydrogen-bond donors (Lipinski definition) is 1. The third-order valence-electron chi connectivity index (χ3n) is 2.63. The fourth-order valence-electron chi connectivity index (χ4n) is 1.53. The second kappa shape index (κ2) is 5.35. The fourth-order valence-corrected chi connectivity index (χ4v) is 1.53. The molecule has 1 aliphatic rings. The van der Waals surface area contributed by atoms with Crippen molar-refractivity contribution in [2.75, 3.05) is 13.7 Å². The van der Waals surface area contributed by atoms with Gasteiger partial charge in [0, 0.05) is 0 Å². The molecule has 0 radical (unpaired) electrons. The molecule has 0 saturated heterocycles. The third kappa shape index (κ3) is 3.66. The highest BCUT2D eigenvalue weighted by atomic mass is 16.5. The van der Waals surface area contributed by atoms with Crippen LogP contribution in [-0.2, 0) is 9.53 Å². The zero-order valence-electron chi connectivity index (χ0n) is 9.38. The molecular weight excluding hydrogens is 178 g/mol. The highest BCUT2D eigenvalue weighted by molar-refractivity contribution is 5.76. The molecule has 1 atom stereocenters. The lowest BCUT2D eigenvalue weighted by Gasteiger charge is -2.16. The summed E-state index contributed by atoms with van der Waals surface area (Å²) in [7, 11) is 1.46. The average molecular weight is 199 g/mol. The number of nitrogens with one attached hydrogen (secondary N) is 1. The van der Waals surface area contributed by atoms with Crippen molar-refractivity contribution in [3.05, 3.63) is 0 Å². The molecule has 0 spiro atoms. The van der Waals surface area contributed by atoms with Gasteiger partial charge in [0.05, 0.1) is 7.11 Å². The molecule has 82 valence electrons. The lowest BCUT2D eigenvalue weighted by molar-refractivity contribution is -0.143. The summed E-state index contributed by atoms with van der Waals surface area (Å²) in [6, 6.07) is -0.0567. The van der Waals surface area contributed by atoms with E-state index in [1.54, 1.807) is 0 Å². The van der Waals surface area contributed by atoms with E-state index in [1.807, 2.05) is 0 Å². The van der Waals surface area contributed by atoms with Gasteiger partial charge in [0.15, 0.2) is 0 Å². The van der Waals surface area contributed by atoms with Gasteiger partial charge < -0.3 is 10.1 Å². The molecule has 1 fully saturated rings. The summed E-state index contributed by atoms with van der Waals surface area (Å²) in [5.41, 5.74) is 0. The van der Waals surface area contributed by atoms with Gasteiger partial charge in [-0.3, -0.25) is 4.79 Å². The normalized spacial score (nSPS) is 18.3. The van der Waals surface area contributed by atoms with Crippen LogP contribution in [0.5, 0.6) is 0 Å². The van der Waals surface area contributed by atoms with E-state index in [2.05, 4.69) is 19.2 Å². The van der Waals surface area contributed by atoms with Crippen LogP contribution >= 0.6 is 0 Å². The van der Waals surface area contributed by atoms with E-state index < -0.39 is 0 Å². The predicted octanol–water partition coefficient (Wildman–Crippen LogP) is 1.57. The molecule has 1 rings (SSSR count). The predicted molar refractivity (Wildman–Crippen MR) is 56.0 cm³/mol. The minimum atomic E-state index is -0.101. The minimum absolute atomic E-state index is 0.0567. The van der Waals surface area contributed by atoms with Crippen molar-refractivity contribution in [2.45, 2.75) is 39.2 Å². The number of esters is 1. The van der Waals surface area contributed by atoms with Gasteiger partial charge in [-0.25, -0.2) is 0 Å². The lowest BCUT2D eigenvalue weighted by Crippen LogP contribution is -2.40. The highest BCUT2D eigenvalue weighted by Crippen LogP contribution is 2.33. The average Bonchev–Trinajstić information content (AvgIpc) is 2.94. The zero-order chi connectivity index (χ0) is 10.6. The van der Waals surface area contributed by atoms with Gasteiger partial charge in [-0.2, -0.15) is 0 Å².